The number of ether oxygens (including phenoxy) is 4. The quantitative estimate of drug-likeness (QED) is 0.104. The molecule has 4 aromatic carbocycles. The van der Waals surface area contributed by atoms with Crippen LogP contribution in [0, 0.1) is 52.8 Å². The van der Waals surface area contributed by atoms with Gasteiger partial charge in [0, 0.05) is 0 Å². The molecule has 1 spiro atoms. The summed E-state index contributed by atoms with van der Waals surface area (Å²) in [6, 6.07) is 31.7. The zero-order valence-electron chi connectivity index (χ0n) is 34.5. The summed E-state index contributed by atoms with van der Waals surface area (Å²) in [7, 11) is 15.1. The summed E-state index contributed by atoms with van der Waals surface area (Å²) in [6.45, 7) is 4.02. The van der Waals surface area contributed by atoms with E-state index in [4.69, 9.17) is 36.9 Å². The van der Waals surface area contributed by atoms with E-state index in [0.29, 0.717) is 40.6 Å². The molecule has 12 rings (SSSR count). The van der Waals surface area contributed by atoms with Gasteiger partial charge in [0.1, 0.15) is 0 Å². The fraction of sp³-hybridized carbons (Fsp3) is 0.490. The molecule has 0 N–H and O–H groups in total. The van der Waals surface area contributed by atoms with Gasteiger partial charge in [0.05, 0.1) is 0 Å². The van der Waals surface area contributed by atoms with Gasteiger partial charge in [-0.25, -0.2) is 0 Å². The molecule has 8 aliphatic rings. The first-order valence-electron chi connectivity index (χ1n) is 22.2. The van der Waals surface area contributed by atoms with Crippen molar-refractivity contribution in [2.45, 2.75) is 89.3 Å². The van der Waals surface area contributed by atoms with Crippen molar-refractivity contribution in [2.24, 2.45) is 52.8 Å². The number of halogens is 2. The molecule has 0 saturated heterocycles. The Labute approximate surface area is 365 Å². The molecule has 0 radical (unpaired) electrons. The Kier molecular flexibility index (Phi) is 9.70. The van der Waals surface area contributed by atoms with E-state index in [2.05, 4.69) is 13.8 Å². The third-order valence-corrected chi connectivity index (χ3v) is 26.5. The minimum absolute atomic E-state index is 0.167. The Morgan fingerprint density at radius 3 is 1.58 bits per heavy atom. The molecule has 0 aromatic heterocycles. The van der Waals surface area contributed by atoms with E-state index in [1.165, 1.54) is 64.2 Å². The van der Waals surface area contributed by atoms with Crippen molar-refractivity contribution >= 4 is 53.0 Å². The zero-order valence-corrected chi connectivity index (χ0v) is 38.3. The van der Waals surface area contributed by atoms with Crippen molar-refractivity contribution in [3.8, 4) is 33.8 Å². The van der Waals surface area contributed by atoms with Crippen LogP contribution >= 0.6 is 17.9 Å². The average Bonchev–Trinajstić information content (AvgIpc) is 3.51. The predicted octanol–water partition coefficient (Wildman–Crippen LogP) is 10.3. The Bertz CT molecular complexity index is 2310. The zero-order chi connectivity index (χ0) is 41.0. The average molecular weight is 961 g/mol. The van der Waals surface area contributed by atoms with Crippen LogP contribution in [-0.2, 0) is 19.1 Å². The van der Waals surface area contributed by atoms with Crippen LogP contribution in [0.25, 0.3) is 22.3 Å². The van der Waals surface area contributed by atoms with Gasteiger partial charge in [-0.3, -0.25) is 0 Å². The standard InChI is InChI=1S/C51H54Cl2O6Te/c1-49(36-18-31-17-32(20-36)21-37(49)19-31)58-47(54)29-56-44-15-13-40(25-42(44)34-9-5-3-6-10-34)60(52,53)41-14-16-45(43(26-41)35-11-7-4-8-12-35)57-30-48(55)59-50(2)39-23-33-22-38-24-46(50)51(38,27-33)28-39/h3-16,25-26,31-33,36-39,46H,17-24,27-30H2,1-2H3. The van der Waals surface area contributed by atoms with Gasteiger partial charge < -0.3 is 0 Å². The van der Waals surface area contributed by atoms with E-state index in [-0.39, 0.29) is 25.2 Å². The number of fused-ring (bicyclic) bond motifs is 2. The summed E-state index contributed by atoms with van der Waals surface area (Å²) >= 11 is -4.08. The number of esters is 2. The molecule has 6 unspecified atom stereocenters. The first-order valence-corrected chi connectivity index (χ1v) is 30.5. The van der Waals surface area contributed by atoms with Gasteiger partial charge in [-0.1, -0.05) is 0 Å². The second kappa shape index (κ2) is 14.7. The molecule has 8 saturated carbocycles. The molecular formula is C51H54Cl2O6Te. The molecule has 0 amide bonds. The van der Waals surface area contributed by atoms with E-state index in [9.17, 15) is 9.59 Å². The topological polar surface area (TPSA) is 71.1 Å². The van der Waals surface area contributed by atoms with Gasteiger partial charge in [0.2, 0.25) is 0 Å². The fourth-order valence-corrected chi connectivity index (χ4v) is 20.5. The number of hydrogen-bond donors (Lipinski definition) is 0. The Morgan fingerprint density at radius 1 is 0.567 bits per heavy atom. The maximum atomic E-state index is 13.6. The van der Waals surface area contributed by atoms with Crippen LogP contribution in [0.3, 0.4) is 0 Å². The van der Waals surface area contributed by atoms with E-state index in [0.717, 1.165) is 53.1 Å². The minimum atomic E-state index is -4.08. The van der Waals surface area contributed by atoms with Gasteiger partial charge in [-0.05, 0) is 12.8 Å². The van der Waals surface area contributed by atoms with Crippen molar-refractivity contribution in [3.63, 3.8) is 0 Å². The molecular weight excluding hydrogens is 907 g/mol. The monoisotopic (exact) mass is 962 g/mol. The SMILES string of the molecule is CC1(OC(=O)COc2ccc([Te](Cl)(Cl)c3ccc(OCC(=O)OC4(C)C5CC6CC7CC4C7(C6)C5)c(-c4ccccc4)c3)cc2-c2ccccc2)C2CC3CC(C2)CC1C3. The van der Waals surface area contributed by atoms with Gasteiger partial charge in [-0.2, -0.15) is 0 Å². The number of benzene rings is 4. The summed E-state index contributed by atoms with van der Waals surface area (Å²) in [5.74, 6) is 5.53. The van der Waals surface area contributed by atoms with Gasteiger partial charge in [0.25, 0.3) is 0 Å². The van der Waals surface area contributed by atoms with Crippen LogP contribution in [0.4, 0.5) is 0 Å². The Morgan fingerprint density at radius 2 is 1.05 bits per heavy atom. The van der Waals surface area contributed by atoms with Crippen molar-refractivity contribution in [1.29, 1.82) is 0 Å². The molecule has 60 heavy (non-hydrogen) atoms. The van der Waals surface area contributed by atoms with Crippen molar-refractivity contribution in [2.75, 3.05) is 13.2 Å². The first kappa shape index (κ1) is 39.6. The number of hydrogen-bond acceptors (Lipinski definition) is 6. The Balaban J connectivity index is 0.825. The summed E-state index contributed by atoms with van der Waals surface area (Å²) in [5, 5.41) is 0. The molecule has 0 heterocycles. The molecule has 4 aromatic rings. The second-order valence-electron chi connectivity index (χ2n) is 19.9. The van der Waals surface area contributed by atoms with E-state index < -0.39 is 27.1 Å². The van der Waals surface area contributed by atoms with E-state index >= 15 is 0 Å². The van der Waals surface area contributed by atoms with Crippen molar-refractivity contribution < 1.29 is 28.5 Å². The predicted molar refractivity (Wildman–Crippen MR) is 237 cm³/mol. The normalized spacial score (nSPS) is 35.4. The molecule has 0 aliphatic heterocycles. The van der Waals surface area contributed by atoms with Gasteiger partial charge in [-0.15, -0.1) is 0 Å². The second-order valence-corrected chi connectivity index (χ2v) is 32.5. The van der Waals surface area contributed by atoms with Crippen molar-refractivity contribution in [1.82, 2.24) is 0 Å². The third-order valence-electron chi connectivity index (χ3n) is 16.8. The van der Waals surface area contributed by atoms with Crippen LogP contribution in [-0.4, -0.2) is 52.3 Å². The Hall–Kier alpha value is -3.21. The van der Waals surface area contributed by atoms with E-state index in [1.54, 1.807) is 0 Å². The summed E-state index contributed by atoms with van der Waals surface area (Å²) in [5.41, 5.74) is 3.08. The molecule has 314 valence electrons. The van der Waals surface area contributed by atoms with Crippen molar-refractivity contribution in [3.05, 3.63) is 97.1 Å². The molecule has 6 nitrogen and oxygen atoms in total. The summed E-state index contributed by atoms with van der Waals surface area (Å²) in [6.07, 6.45) is 12.3. The summed E-state index contributed by atoms with van der Waals surface area (Å²) < 4.78 is 27.0. The molecule has 9 heteroatoms. The van der Waals surface area contributed by atoms with Crippen LogP contribution in [0.5, 0.6) is 11.5 Å². The maximum absolute atomic E-state index is 13.6. The molecule has 6 atom stereocenters. The van der Waals surface area contributed by atoms with Crippen LogP contribution in [0.15, 0.2) is 97.1 Å². The first-order chi connectivity index (χ1) is 28.9. The van der Waals surface area contributed by atoms with Crippen LogP contribution in [0.1, 0.15) is 78.1 Å². The van der Waals surface area contributed by atoms with Crippen LogP contribution < -0.4 is 16.7 Å². The molecule has 8 aliphatic carbocycles. The molecule has 7 bridgehead atoms. The van der Waals surface area contributed by atoms with Gasteiger partial charge in [0.15, 0.2) is 0 Å². The van der Waals surface area contributed by atoms with Gasteiger partial charge >= 0.3 is 355 Å². The number of carbonyl (C=O) groups excluding carboxylic acids is 2. The number of rotatable bonds is 12. The summed E-state index contributed by atoms with van der Waals surface area (Å²) in [4.78, 5) is 27.1. The van der Waals surface area contributed by atoms with E-state index in [1.807, 2.05) is 97.1 Å². The molecule has 8 fully saturated rings. The van der Waals surface area contributed by atoms with Crippen LogP contribution in [0.2, 0.25) is 0 Å². The fourth-order valence-electron chi connectivity index (χ4n) is 14.3. The number of carbonyl (C=O) groups is 2. The third kappa shape index (κ3) is 6.45.